The second kappa shape index (κ2) is 7.18. The summed E-state index contributed by atoms with van der Waals surface area (Å²) in [6.45, 7) is 7.27. The molecule has 116 valence electrons. The van der Waals surface area contributed by atoms with Gasteiger partial charge in [0.2, 0.25) is 0 Å². The second-order valence-corrected chi connectivity index (χ2v) is 7.20. The predicted octanol–water partition coefficient (Wildman–Crippen LogP) is 3.68. The fourth-order valence-electron chi connectivity index (χ4n) is 2.32. The summed E-state index contributed by atoms with van der Waals surface area (Å²) >= 11 is 1.61. The minimum Gasteiger partial charge on any atom is -0.444 e. The number of carbonyl (C=O) groups is 1. The lowest BCUT2D eigenvalue weighted by Gasteiger charge is -2.28. The molecule has 1 fully saturated rings. The molecule has 1 atom stereocenters. The van der Waals surface area contributed by atoms with Gasteiger partial charge in [-0.25, -0.2) is 4.79 Å². The van der Waals surface area contributed by atoms with E-state index in [0.717, 1.165) is 25.9 Å². The molecule has 2 rings (SSSR count). The van der Waals surface area contributed by atoms with Crippen molar-refractivity contribution in [2.24, 2.45) is 0 Å². The zero-order valence-corrected chi connectivity index (χ0v) is 13.8. The third-order valence-electron chi connectivity index (χ3n) is 3.26. The van der Waals surface area contributed by atoms with Crippen molar-refractivity contribution in [1.82, 2.24) is 9.62 Å². The van der Waals surface area contributed by atoms with Crippen molar-refractivity contribution in [2.75, 3.05) is 13.1 Å². The van der Waals surface area contributed by atoms with E-state index in [-0.39, 0.29) is 12.1 Å². The minimum atomic E-state index is -0.434. The third-order valence-corrected chi connectivity index (χ3v) is 4.08. The van der Waals surface area contributed by atoms with E-state index in [1.807, 2.05) is 43.9 Å². The van der Waals surface area contributed by atoms with Crippen LogP contribution in [0.25, 0.3) is 0 Å². The zero-order chi connectivity index (χ0) is 15.3. The van der Waals surface area contributed by atoms with Crippen molar-refractivity contribution in [1.29, 1.82) is 0 Å². The molecule has 21 heavy (non-hydrogen) atoms. The Morgan fingerprint density at radius 2 is 2.10 bits per heavy atom. The largest absolute Gasteiger partial charge is 0.444 e. The molecule has 0 spiro atoms. The Bertz CT molecular complexity index is 459. The van der Waals surface area contributed by atoms with Gasteiger partial charge in [0.25, 0.3) is 0 Å². The molecule has 0 saturated carbocycles. The van der Waals surface area contributed by atoms with Gasteiger partial charge in [-0.1, -0.05) is 18.2 Å². The molecule has 1 aliphatic heterocycles. The van der Waals surface area contributed by atoms with E-state index in [2.05, 4.69) is 16.9 Å². The van der Waals surface area contributed by atoms with Crippen LogP contribution in [0, 0.1) is 0 Å². The van der Waals surface area contributed by atoms with Crippen molar-refractivity contribution in [3.05, 3.63) is 30.3 Å². The monoisotopic (exact) mass is 308 g/mol. The summed E-state index contributed by atoms with van der Waals surface area (Å²) in [4.78, 5) is 15.2. The molecule has 1 unspecified atom stereocenters. The number of hydrogen-bond acceptors (Lipinski definition) is 4. The molecule has 1 aromatic carbocycles. The number of nitrogens with zero attached hydrogens (tertiary/aromatic N) is 1. The Morgan fingerprint density at radius 3 is 2.76 bits per heavy atom. The van der Waals surface area contributed by atoms with Gasteiger partial charge < -0.3 is 9.64 Å². The number of nitrogens with one attached hydrogen (secondary N) is 1. The Kier molecular flexibility index (Phi) is 5.53. The van der Waals surface area contributed by atoms with Crippen LogP contribution < -0.4 is 4.72 Å². The number of amides is 1. The Morgan fingerprint density at radius 1 is 1.38 bits per heavy atom. The molecule has 5 heteroatoms. The molecular weight excluding hydrogens is 284 g/mol. The van der Waals surface area contributed by atoms with Crippen molar-refractivity contribution in [2.45, 2.75) is 50.2 Å². The molecule has 0 bridgehead atoms. The maximum atomic E-state index is 12.2. The molecule has 1 aromatic rings. The van der Waals surface area contributed by atoms with Crippen molar-refractivity contribution in [3.8, 4) is 0 Å². The van der Waals surface area contributed by atoms with Crippen LogP contribution in [0.4, 0.5) is 4.79 Å². The topological polar surface area (TPSA) is 41.6 Å². The van der Waals surface area contributed by atoms with E-state index in [0.29, 0.717) is 0 Å². The maximum Gasteiger partial charge on any atom is 0.410 e. The summed E-state index contributed by atoms with van der Waals surface area (Å²) in [6.07, 6.45) is 1.87. The summed E-state index contributed by atoms with van der Waals surface area (Å²) < 4.78 is 8.83. The first-order chi connectivity index (χ1) is 9.96. The van der Waals surface area contributed by atoms with Crippen LogP contribution in [0.1, 0.15) is 33.6 Å². The summed E-state index contributed by atoms with van der Waals surface area (Å²) in [5.74, 6) is 0. The second-order valence-electron chi connectivity index (χ2n) is 6.23. The number of likely N-dealkylation sites (tertiary alicyclic amines) is 1. The third kappa shape index (κ3) is 5.25. The molecule has 1 aliphatic rings. The highest BCUT2D eigenvalue weighted by atomic mass is 32.2. The average molecular weight is 308 g/mol. The normalized spacial score (nSPS) is 18.8. The van der Waals surface area contributed by atoms with Gasteiger partial charge in [0, 0.05) is 24.0 Å². The molecule has 0 radical (unpaired) electrons. The highest BCUT2D eigenvalue weighted by Gasteiger charge is 2.31. The van der Waals surface area contributed by atoms with Gasteiger partial charge in [-0.3, -0.25) is 4.72 Å². The quantitative estimate of drug-likeness (QED) is 0.862. The first-order valence-corrected chi connectivity index (χ1v) is 8.22. The van der Waals surface area contributed by atoms with Crippen molar-refractivity contribution in [3.63, 3.8) is 0 Å². The Balaban J connectivity index is 1.80. The average Bonchev–Trinajstić information content (AvgIpc) is 2.86. The van der Waals surface area contributed by atoms with Crippen LogP contribution in [0.15, 0.2) is 35.2 Å². The smallest absolute Gasteiger partial charge is 0.410 e. The van der Waals surface area contributed by atoms with Gasteiger partial charge in [-0.15, -0.1) is 0 Å². The molecule has 1 heterocycles. The van der Waals surface area contributed by atoms with E-state index >= 15 is 0 Å². The van der Waals surface area contributed by atoms with Gasteiger partial charge in [0.1, 0.15) is 5.60 Å². The van der Waals surface area contributed by atoms with Crippen LogP contribution >= 0.6 is 11.9 Å². The van der Waals surface area contributed by atoms with Crippen LogP contribution in [0.2, 0.25) is 0 Å². The van der Waals surface area contributed by atoms with Gasteiger partial charge in [-0.2, -0.15) is 0 Å². The fraction of sp³-hybridized carbons (Fsp3) is 0.562. The summed E-state index contributed by atoms with van der Waals surface area (Å²) in [5, 5.41) is 0. The van der Waals surface area contributed by atoms with E-state index in [4.69, 9.17) is 4.74 Å². The number of hydrogen-bond donors (Lipinski definition) is 1. The molecule has 1 amide bonds. The van der Waals surface area contributed by atoms with Gasteiger partial charge in [0.05, 0.1) is 0 Å². The minimum absolute atomic E-state index is 0.198. The van der Waals surface area contributed by atoms with E-state index in [1.165, 1.54) is 4.90 Å². The van der Waals surface area contributed by atoms with Crippen LogP contribution in [0.5, 0.6) is 0 Å². The van der Waals surface area contributed by atoms with Crippen molar-refractivity contribution < 1.29 is 9.53 Å². The first-order valence-electron chi connectivity index (χ1n) is 7.40. The fourth-order valence-corrected chi connectivity index (χ4v) is 3.05. The molecule has 1 saturated heterocycles. The maximum absolute atomic E-state index is 12.2. The van der Waals surface area contributed by atoms with Crippen LogP contribution in [-0.4, -0.2) is 35.7 Å². The number of ether oxygens (including phenoxy) is 1. The number of carbonyl (C=O) groups excluding carboxylic acids is 1. The van der Waals surface area contributed by atoms with Gasteiger partial charge in [0.15, 0.2) is 0 Å². The molecular formula is C16H24N2O2S. The zero-order valence-electron chi connectivity index (χ0n) is 13.0. The Labute approximate surface area is 131 Å². The van der Waals surface area contributed by atoms with Gasteiger partial charge in [-0.05, 0) is 57.7 Å². The van der Waals surface area contributed by atoms with Crippen LogP contribution in [-0.2, 0) is 4.74 Å². The molecule has 0 aliphatic carbocycles. The molecule has 0 aromatic heterocycles. The molecule has 4 nitrogen and oxygen atoms in total. The van der Waals surface area contributed by atoms with Gasteiger partial charge >= 0.3 is 6.09 Å². The summed E-state index contributed by atoms with van der Waals surface area (Å²) in [5.41, 5.74) is -0.434. The SMILES string of the molecule is CC(C)(C)OC(=O)N1CCCC1CNSc1ccccc1. The lowest BCUT2D eigenvalue weighted by Crippen LogP contribution is -2.43. The van der Waals surface area contributed by atoms with Crippen LogP contribution in [0.3, 0.4) is 0 Å². The predicted molar refractivity (Wildman–Crippen MR) is 86.3 cm³/mol. The van der Waals surface area contributed by atoms with E-state index in [1.54, 1.807) is 11.9 Å². The lowest BCUT2D eigenvalue weighted by molar-refractivity contribution is 0.0230. The summed E-state index contributed by atoms with van der Waals surface area (Å²) in [6, 6.07) is 10.4. The first kappa shape index (κ1) is 16.2. The lowest BCUT2D eigenvalue weighted by atomic mass is 10.2. The number of rotatable bonds is 4. The highest BCUT2D eigenvalue weighted by Crippen LogP contribution is 2.21. The van der Waals surface area contributed by atoms with E-state index in [9.17, 15) is 4.79 Å². The van der Waals surface area contributed by atoms with Crippen molar-refractivity contribution >= 4 is 18.0 Å². The Hall–Kier alpha value is -1.20. The van der Waals surface area contributed by atoms with E-state index < -0.39 is 5.60 Å². The standard InChI is InChI=1S/C16H24N2O2S/c1-16(2,3)20-15(19)18-11-7-8-13(18)12-17-21-14-9-5-4-6-10-14/h4-6,9-10,13,17H,7-8,11-12H2,1-3H3. The molecule has 1 N–H and O–H groups in total. The summed E-state index contributed by atoms with van der Waals surface area (Å²) in [7, 11) is 0. The number of benzene rings is 1. The highest BCUT2D eigenvalue weighted by molar-refractivity contribution is 7.97.